The highest BCUT2D eigenvalue weighted by molar-refractivity contribution is 5.88. The van der Waals surface area contributed by atoms with Crippen molar-refractivity contribution in [1.29, 1.82) is 0 Å². The van der Waals surface area contributed by atoms with Gasteiger partial charge in [0.25, 0.3) is 0 Å². The summed E-state index contributed by atoms with van der Waals surface area (Å²) in [5.74, 6) is -0.338. The maximum absolute atomic E-state index is 11.8. The molecule has 0 saturated carbocycles. The first-order valence-corrected chi connectivity index (χ1v) is 6.64. The first kappa shape index (κ1) is 16.1. The lowest BCUT2D eigenvalue weighted by molar-refractivity contribution is -0.129. The number of carbonyl (C=O) groups is 2. The number of hydrogen-bond acceptors (Lipinski definition) is 5. The predicted octanol–water partition coefficient (Wildman–Crippen LogP) is 0.826. The average Bonchev–Trinajstić information content (AvgIpc) is 2.48. The smallest absolute Gasteiger partial charge is 0.339 e. The van der Waals surface area contributed by atoms with Crippen LogP contribution in [0.3, 0.4) is 0 Å². The second kappa shape index (κ2) is 8.27. The topological polar surface area (TPSA) is 71.5 Å². The van der Waals surface area contributed by atoms with Crippen LogP contribution in [0.2, 0.25) is 0 Å². The number of rotatable bonds is 7. The summed E-state index contributed by atoms with van der Waals surface area (Å²) in [6, 6.07) is 3.39. The van der Waals surface area contributed by atoms with Gasteiger partial charge in [-0.25, -0.2) is 4.79 Å². The summed E-state index contributed by atoms with van der Waals surface area (Å²) in [6.45, 7) is 6.09. The average molecular weight is 279 g/mol. The van der Waals surface area contributed by atoms with E-state index in [1.165, 1.54) is 13.3 Å². The summed E-state index contributed by atoms with van der Waals surface area (Å²) in [5.41, 5.74) is 1.18. The number of aromatic nitrogens is 1. The summed E-state index contributed by atoms with van der Waals surface area (Å²) >= 11 is 0. The quantitative estimate of drug-likeness (QED) is 0.748. The van der Waals surface area contributed by atoms with Gasteiger partial charge in [0.15, 0.2) is 0 Å². The van der Waals surface area contributed by atoms with Crippen LogP contribution in [0, 0.1) is 0 Å². The van der Waals surface area contributed by atoms with Crippen molar-refractivity contribution in [2.45, 2.75) is 20.4 Å². The van der Waals surface area contributed by atoms with Crippen LogP contribution in [0.15, 0.2) is 18.3 Å². The zero-order valence-electron chi connectivity index (χ0n) is 12.2. The third-order valence-corrected chi connectivity index (χ3v) is 2.94. The van der Waals surface area contributed by atoms with Crippen LogP contribution in [-0.2, 0) is 16.1 Å². The predicted molar refractivity (Wildman–Crippen MR) is 75.2 cm³/mol. The Labute approximate surface area is 119 Å². The van der Waals surface area contributed by atoms with Crippen LogP contribution in [0.4, 0.5) is 0 Å². The third kappa shape index (κ3) is 4.62. The molecule has 110 valence electrons. The molecule has 1 aromatic rings. The molecule has 0 saturated heterocycles. The van der Waals surface area contributed by atoms with E-state index in [0.29, 0.717) is 25.2 Å². The SMILES string of the molecule is CCN(CC)C(=O)CNCc1ccc(C(=O)OC)cn1. The van der Waals surface area contributed by atoms with E-state index in [4.69, 9.17) is 0 Å². The fraction of sp³-hybridized carbons (Fsp3) is 0.500. The molecule has 1 rings (SSSR count). The number of amides is 1. The van der Waals surface area contributed by atoms with E-state index in [-0.39, 0.29) is 12.5 Å². The van der Waals surface area contributed by atoms with Crippen molar-refractivity contribution in [3.63, 3.8) is 0 Å². The molecule has 0 atom stereocenters. The van der Waals surface area contributed by atoms with Crippen LogP contribution in [-0.4, -0.2) is 48.5 Å². The summed E-state index contributed by atoms with van der Waals surface area (Å²) in [6.07, 6.45) is 1.47. The van der Waals surface area contributed by atoms with E-state index in [1.54, 1.807) is 17.0 Å². The Bertz CT molecular complexity index is 441. The molecule has 0 aromatic carbocycles. The van der Waals surface area contributed by atoms with Gasteiger partial charge in [-0.3, -0.25) is 9.78 Å². The number of likely N-dealkylation sites (N-methyl/N-ethyl adjacent to an activating group) is 1. The molecule has 1 amide bonds. The Morgan fingerprint density at radius 3 is 2.50 bits per heavy atom. The maximum Gasteiger partial charge on any atom is 0.339 e. The minimum absolute atomic E-state index is 0.0705. The zero-order valence-corrected chi connectivity index (χ0v) is 12.2. The number of ether oxygens (including phenoxy) is 1. The largest absolute Gasteiger partial charge is 0.465 e. The van der Waals surface area contributed by atoms with E-state index in [1.807, 2.05) is 13.8 Å². The molecule has 0 radical (unpaired) electrons. The molecule has 20 heavy (non-hydrogen) atoms. The first-order chi connectivity index (χ1) is 9.62. The van der Waals surface area contributed by atoms with Crippen molar-refractivity contribution in [2.75, 3.05) is 26.7 Å². The van der Waals surface area contributed by atoms with Gasteiger partial charge in [0.05, 0.1) is 24.9 Å². The Balaban J connectivity index is 2.43. The molecule has 0 aliphatic carbocycles. The van der Waals surface area contributed by atoms with Gasteiger partial charge in [0.2, 0.25) is 5.91 Å². The molecule has 0 bridgehead atoms. The molecule has 1 N–H and O–H groups in total. The molecule has 6 nitrogen and oxygen atoms in total. The lowest BCUT2D eigenvalue weighted by Crippen LogP contribution is -2.37. The number of nitrogens with zero attached hydrogens (tertiary/aromatic N) is 2. The van der Waals surface area contributed by atoms with Crippen LogP contribution in [0.25, 0.3) is 0 Å². The van der Waals surface area contributed by atoms with E-state index in [2.05, 4.69) is 15.0 Å². The second-order valence-electron chi connectivity index (χ2n) is 4.20. The summed E-state index contributed by atoms with van der Waals surface area (Å²) in [7, 11) is 1.33. The summed E-state index contributed by atoms with van der Waals surface area (Å²) < 4.78 is 4.60. The Hall–Kier alpha value is -1.95. The summed E-state index contributed by atoms with van der Waals surface area (Å²) in [4.78, 5) is 28.9. The van der Waals surface area contributed by atoms with Gasteiger partial charge in [-0.05, 0) is 26.0 Å². The van der Waals surface area contributed by atoms with Crippen molar-refractivity contribution >= 4 is 11.9 Å². The van der Waals surface area contributed by atoms with Gasteiger partial charge >= 0.3 is 5.97 Å². The van der Waals surface area contributed by atoms with Crippen molar-refractivity contribution < 1.29 is 14.3 Å². The lowest BCUT2D eigenvalue weighted by Gasteiger charge is -2.18. The molecule has 0 aliphatic heterocycles. The number of hydrogen-bond donors (Lipinski definition) is 1. The third-order valence-electron chi connectivity index (χ3n) is 2.94. The normalized spacial score (nSPS) is 10.2. The highest BCUT2D eigenvalue weighted by Gasteiger charge is 2.09. The van der Waals surface area contributed by atoms with Crippen molar-refractivity contribution in [2.24, 2.45) is 0 Å². The number of pyridine rings is 1. The van der Waals surface area contributed by atoms with Gasteiger partial charge < -0.3 is 15.0 Å². The van der Waals surface area contributed by atoms with Crippen molar-refractivity contribution in [3.8, 4) is 0 Å². The Morgan fingerprint density at radius 2 is 2.00 bits per heavy atom. The second-order valence-corrected chi connectivity index (χ2v) is 4.20. The molecule has 0 aliphatic rings. The molecule has 1 heterocycles. The van der Waals surface area contributed by atoms with E-state index < -0.39 is 5.97 Å². The Kier molecular flexibility index (Phi) is 6.66. The van der Waals surface area contributed by atoms with E-state index >= 15 is 0 Å². The van der Waals surface area contributed by atoms with Crippen LogP contribution in [0.5, 0.6) is 0 Å². The number of nitrogens with one attached hydrogen (secondary N) is 1. The minimum atomic E-state index is -0.409. The number of methoxy groups -OCH3 is 1. The monoisotopic (exact) mass is 279 g/mol. The maximum atomic E-state index is 11.8. The highest BCUT2D eigenvalue weighted by Crippen LogP contribution is 2.01. The minimum Gasteiger partial charge on any atom is -0.465 e. The molecule has 1 aromatic heterocycles. The van der Waals surface area contributed by atoms with Crippen LogP contribution in [0.1, 0.15) is 29.9 Å². The zero-order chi connectivity index (χ0) is 15.0. The number of carbonyl (C=O) groups excluding carboxylic acids is 2. The first-order valence-electron chi connectivity index (χ1n) is 6.64. The number of esters is 1. The summed E-state index contributed by atoms with van der Waals surface area (Å²) in [5, 5.41) is 3.04. The van der Waals surface area contributed by atoms with E-state index in [0.717, 1.165) is 5.69 Å². The fourth-order valence-electron chi connectivity index (χ4n) is 1.75. The van der Waals surface area contributed by atoms with E-state index in [9.17, 15) is 9.59 Å². The molecule has 0 fully saturated rings. The van der Waals surface area contributed by atoms with Crippen molar-refractivity contribution in [3.05, 3.63) is 29.6 Å². The van der Waals surface area contributed by atoms with Gasteiger partial charge in [-0.15, -0.1) is 0 Å². The highest BCUT2D eigenvalue weighted by atomic mass is 16.5. The standard InChI is InChI=1S/C14H21N3O3/c1-4-17(5-2)13(18)10-15-9-12-7-6-11(8-16-12)14(19)20-3/h6-8,15H,4-5,9-10H2,1-3H3. The lowest BCUT2D eigenvalue weighted by atomic mass is 10.2. The fourth-order valence-corrected chi connectivity index (χ4v) is 1.75. The Morgan fingerprint density at radius 1 is 1.30 bits per heavy atom. The molecular formula is C14H21N3O3. The van der Waals surface area contributed by atoms with Gasteiger partial charge in [0, 0.05) is 25.8 Å². The van der Waals surface area contributed by atoms with Gasteiger partial charge in [0.1, 0.15) is 0 Å². The van der Waals surface area contributed by atoms with Gasteiger partial charge in [-0.1, -0.05) is 0 Å². The van der Waals surface area contributed by atoms with Crippen molar-refractivity contribution in [1.82, 2.24) is 15.2 Å². The molecule has 6 heteroatoms. The molecule has 0 spiro atoms. The molecule has 0 unspecified atom stereocenters. The molecular weight excluding hydrogens is 258 g/mol. The van der Waals surface area contributed by atoms with Gasteiger partial charge in [-0.2, -0.15) is 0 Å². The van der Waals surface area contributed by atoms with Crippen LogP contribution >= 0.6 is 0 Å². The van der Waals surface area contributed by atoms with Crippen LogP contribution < -0.4 is 5.32 Å².